The molecule has 30 heavy (non-hydrogen) atoms. The van der Waals surface area contributed by atoms with Crippen LogP contribution in [0.25, 0.3) is 33.4 Å². The number of hydrogen-bond acceptors (Lipinski definition) is 3. The van der Waals surface area contributed by atoms with Crippen molar-refractivity contribution in [2.24, 2.45) is 0 Å². The summed E-state index contributed by atoms with van der Waals surface area (Å²) >= 11 is 0. The van der Waals surface area contributed by atoms with Crippen LogP contribution in [0.5, 0.6) is 0 Å². The van der Waals surface area contributed by atoms with E-state index >= 15 is 0 Å². The van der Waals surface area contributed by atoms with Gasteiger partial charge in [0.25, 0.3) is 0 Å². The van der Waals surface area contributed by atoms with Crippen molar-refractivity contribution in [3.05, 3.63) is 108 Å². The molecule has 0 atom stereocenters. The maximum atomic E-state index is 11.6. The Morgan fingerprint density at radius 3 is 1.20 bits per heavy atom. The largest absolute Gasteiger partial charge is 0.465 e. The summed E-state index contributed by atoms with van der Waals surface area (Å²) in [6.45, 7) is 0. The molecule has 0 fully saturated rings. The molecule has 3 heteroatoms. The van der Waals surface area contributed by atoms with Crippen molar-refractivity contribution in [3.63, 3.8) is 0 Å². The Hall–Kier alpha value is -4.16. The highest BCUT2D eigenvalue weighted by Gasteiger charge is 2.06. The second kappa shape index (κ2) is 8.46. The number of carbonyl (C=O) groups excluding carboxylic acids is 1. The number of esters is 1. The average Bonchev–Trinajstić information content (AvgIpc) is 2.84. The zero-order valence-corrected chi connectivity index (χ0v) is 16.5. The molecule has 4 rings (SSSR count). The van der Waals surface area contributed by atoms with Gasteiger partial charge in [-0.3, -0.25) is 0 Å². The van der Waals surface area contributed by atoms with Gasteiger partial charge in [0.1, 0.15) is 0 Å². The van der Waals surface area contributed by atoms with Crippen molar-refractivity contribution in [1.29, 1.82) is 5.26 Å². The molecule has 0 aliphatic carbocycles. The Balaban J connectivity index is 1.52. The van der Waals surface area contributed by atoms with Crippen LogP contribution in [-0.4, -0.2) is 13.1 Å². The van der Waals surface area contributed by atoms with Crippen molar-refractivity contribution >= 4 is 5.97 Å². The first-order chi connectivity index (χ1) is 14.7. The van der Waals surface area contributed by atoms with Crippen LogP contribution in [0.15, 0.2) is 97.1 Å². The lowest BCUT2D eigenvalue weighted by atomic mass is 9.97. The van der Waals surface area contributed by atoms with E-state index in [-0.39, 0.29) is 5.97 Å². The Bertz CT molecular complexity index is 1200. The molecule has 0 spiro atoms. The van der Waals surface area contributed by atoms with Gasteiger partial charge in [-0.25, -0.2) is 4.79 Å². The second-order valence-corrected chi connectivity index (χ2v) is 6.91. The van der Waals surface area contributed by atoms with Gasteiger partial charge in [0.15, 0.2) is 0 Å². The van der Waals surface area contributed by atoms with Crippen LogP contribution < -0.4 is 0 Å². The number of nitriles is 1. The standard InChI is InChI=1S/C27H19NO2/c1-30-27(29)26-16-14-25(15-17-26)24-12-10-23(11-13-24)22-8-6-21(7-9-22)20-4-2-19(18-28)3-5-20/h2-17H,1H3. The van der Waals surface area contributed by atoms with E-state index < -0.39 is 0 Å². The molecule has 0 aliphatic rings. The van der Waals surface area contributed by atoms with Gasteiger partial charge in [0.05, 0.1) is 24.3 Å². The molecule has 0 aromatic heterocycles. The van der Waals surface area contributed by atoms with Gasteiger partial charge in [-0.1, -0.05) is 72.8 Å². The smallest absolute Gasteiger partial charge is 0.337 e. The van der Waals surface area contributed by atoms with Gasteiger partial charge in [0.2, 0.25) is 0 Å². The van der Waals surface area contributed by atoms with Gasteiger partial charge in [-0.05, 0) is 57.6 Å². The van der Waals surface area contributed by atoms with E-state index in [0.717, 1.165) is 33.4 Å². The number of carbonyl (C=O) groups is 1. The lowest BCUT2D eigenvalue weighted by Crippen LogP contribution is -2.00. The minimum absolute atomic E-state index is 0.332. The molecule has 0 saturated carbocycles. The number of methoxy groups -OCH3 is 1. The Morgan fingerprint density at radius 2 is 0.900 bits per heavy atom. The zero-order chi connectivity index (χ0) is 20.9. The minimum atomic E-state index is -0.332. The molecule has 3 nitrogen and oxygen atoms in total. The van der Waals surface area contributed by atoms with Crippen LogP contribution >= 0.6 is 0 Å². The van der Waals surface area contributed by atoms with Crippen LogP contribution in [0.1, 0.15) is 15.9 Å². The fourth-order valence-corrected chi connectivity index (χ4v) is 3.36. The van der Waals surface area contributed by atoms with E-state index in [1.54, 1.807) is 12.1 Å². The average molecular weight is 389 g/mol. The maximum Gasteiger partial charge on any atom is 0.337 e. The topological polar surface area (TPSA) is 50.1 Å². The van der Waals surface area contributed by atoms with Crippen molar-refractivity contribution < 1.29 is 9.53 Å². The van der Waals surface area contributed by atoms with Gasteiger partial charge in [0, 0.05) is 0 Å². The summed E-state index contributed by atoms with van der Waals surface area (Å²) in [6.07, 6.45) is 0. The molecule has 0 heterocycles. The summed E-state index contributed by atoms with van der Waals surface area (Å²) in [5, 5.41) is 8.93. The summed E-state index contributed by atoms with van der Waals surface area (Å²) in [5.74, 6) is -0.332. The first kappa shape index (κ1) is 19.2. The first-order valence-corrected chi connectivity index (χ1v) is 9.58. The van der Waals surface area contributed by atoms with Gasteiger partial charge in [-0.15, -0.1) is 0 Å². The molecule has 4 aromatic carbocycles. The quantitative estimate of drug-likeness (QED) is 0.382. The molecule has 4 aromatic rings. The molecule has 0 unspecified atom stereocenters. The molecule has 144 valence electrons. The van der Waals surface area contributed by atoms with E-state index in [1.165, 1.54) is 7.11 Å². The van der Waals surface area contributed by atoms with Crippen LogP contribution in [0.3, 0.4) is 0 Å². The Morgan fingerprint density at radius 1 is 0.600 bits per heavy atom. The van der Waals surface area contributed by atoms with E-state index in [1.807, 2.05) is 36.4 Å². The Kier molecular flexibility index (Phi) is 5.41. The molecule has 0 amide bonds. The predicted molar refractivity (Wildman–Crippen MR) is 119 cm³/mol. The normalized spacial score (nSPS) is 10.3. The number of nitrogens with zero attached hydrogens (tertiary/aromatic N) is 1. The summed E-state index contributed by atoms with van der Waals surface area (Å²) in [5.41, 5.74) is 7.82. The summed E-state index contributed by atoms with van der Waals surface area (Å²) in [6, 6.07) is 33.9. The fraction of sp³-hybridized carbons (Fsp3) is 0.0370. The van der Waals surface area contributed by atoms with Crippen LogP contribution in [0.2, 0.25) is 0 Å². The minimum Gasteiger partial charge on any atom is -0.465 e. The van der Waals surface area contributed by atoms with Gasteiger partial charge >= 0.3 is 5.97 Å². The first-order valence-electron chi connectivity index (χ1n) is 9.58. The number of rotatable bonds is 4. The van der Waals surface area contributed by atoms with Crippen LogP contribution in [-0.2, 0) is 4.74 Å². The Labute approximate surface area is 175 Å². The van der Waals surface area contributed by atoms with E-state index in [4.69, 9.17) is 10.00 Å². The molecule has 0 saturated heterocycles. The van der Waals surface area contributed by atoms with Gasteiger partial charge in [-0.2, -0.15) is 5.26 Å². The SMILES string of the molecule is COC(=O)c1ccc(-c2ccc(-c3ccc(-c4ccc(C#N)cc4)cc3)cc2)cc1. The highest BCUT2D eigenvalue weighted by Crippen LogP contribution is 2.28. The molecule has 0 radical (unpaired) electrons. The molecular formula is C27H19NO2. The summed E-state index contributed by atoms with van der Waals surface area (Å²) in [4.78, 5) is 11.6. The van der Waals surface area contributed by atoms with Crippen LogP contribution in [0.4, 0.5) is 0 Å². The summed E-state index contributed by atoms with van der Waals surface area (Å²) in [7, 11) is 1.38. The highest BCUT2D eigenvalue weighted by atomic mass is 16.5. The van der Waals surface area contributed by atoms with E-state index in [9.17, 15) is 4.79 Å². The van der Waals surface area contributed by atoms with Crippen molar-refractivity contribution in [2.45, 2.75) is 0 Å². The third-order valence-electron chi connectivity index (χ3n) is 5.09. The van der Waals surface area contributed by atoms with Gasteiger partial charge < -0.3 is 4.74 Å². The van der Waals surface area contributed by atoms with E-state index in [2.05, 4.69) is 54.6 Å². The lowest BCUT2D eigenvalue weighted by molar-refractivity contribution is 0.0601. The number of benzene rings is 4. The van der Waals surface area contributed by atoms with Crippen molar-refractivity contribution in [3.8, 4) is 39.4 Å². The molecule has 0 bridgehead atoms. The van der Waals surface area contributed by atoms with Crippen molar-refractivity contribution in [1.82, 2.24) is 0 Å². The fourth-order valence-electron chi connectivity index (χ4n) is 3.36. The van der Waals surface area contributed by atoms with E-state index in [0.29, 0.717) is 11.1 Å². The third-order valence-corrected chi connectivity index (χ3v) is 5.09. The van der Waals surface area contributed by atoms with Crippen molar-refractivity contribution in [2.75, 3.05) is 7.11 Å². The predicted octanol–water partition coefficient (Wildman–Crippen LogP) is 6.35. The third kappa shape index (κ3) is 3.99. The molecule has 0 aliphatic heterocycles. The van der Waals surface area contributed by atoms with Crippen LogP contribution in [0, 0.1) is 11.3 Å². The molecular weight excluding hydrogens is 370 g/mol. The lowest BCUT2D eigenvalue weighted by Gasteiger charge is -2.07. The summed E-state index contributed by atoms with van der Waals surface area (Å²) < 4.78 is 4.74. The highest BCUT2D eigenvalue weighted by molar-refractivity contribution is 5.90. The number of hydrogen-bond donors (Lipinski definition) is 0. The molecule has 0 N–H and O–H groups in total. The number of ether oxygens (including phenoxy) is 1. The second-order valence-electron chi connectivity index (χ2n) is 6.91. The monoisotopic (exact) mass is 389 g/mol. The maximum absolute atomic E-state index is 11.6. The zero-order valence-electron chi connectivity index (χ0n) is 16.5.